The number of carbonyl (C=O) groups is 2. The molecule has 0 radical (unpaired) electrons. The molecule has 0 aliphatic carbocycles. The van der Waals surface area contributed by atoms with E-state index in [-0.39, 0.29) is 17.9 Å². The molecule has 1 aliphatic rings. The van der Waals surface area contributed by atoms with Gasteiger partial charge in [-0.25, -0.2) is 4.79 Å². The lowest BCUT2D eigenvalue weighted by Crippen LogP contribution is -2.38. The Bertz CT molecular complexity index is 692. The minimum atomic E-state index is -0.327. The van der Waals surface area contributed by atoms with Gasteiger partial charge in [-0.3, -0.25) is 4.79 Å². The third-order valence-corrected chi connectivity index (χ3v) is 4.52. The van der Waals surface area contributed by atoms with Crippen LogP contribution in [0.2, 0.25) is 0 Å². The zero-order valence-electron chi connectivity index (χ0n) is 17.3. The lowest BCUT2D eigenvalue weighted by atomic mass is 10.1. The van der Waals surface area contributed by atoms with Gasteiger partial charge >= 0.3 is 6.09 Å². The summed E-state index contributed by atoms with van der Waals surface area (Å²) in [5.41, 5.74) is 0.399. The van der Waals surface area contributed by atoms with E-state index in [2.05, 4.69) is 0 Å². The summed E-state index contributed by atoms with van der Waals surface area (Å²) < 4.78 is 21.3. The smallest absolute Gasteiger partial charge is 0.409 e. The second kappa shape index (κ2) is 10.1. The molecule has 0 unspecified atom stereocenters. The summed E-state index contributed by atoms with van der Waals surface area (Å²) in [6.45, 7) is 6.33. The van der Waals surface area contributed by atoms with Crippen LogP contribution in [-0.2, 0) is 4.74 Å². The summed E-state index contributed by atoms with van der Waals surface area (Å²) in [4.78, 5) is 28.7. The Morgan fingerprint density at radius 1 is 0.893 bits per heavy atom. The van der Waals surface area contributed by atoms with Crippen molar-refractivity contribution in [3.05, 3.63) is 17.7 Å². The van der Waals surface area contributed by atoms with E-state index in [1.807, 2.05) is 13.8 Å². The molecule has 0 atom stereocenters. The minimum Gasteiger partial charge on any atom is -0.496 e. The fourth-order valence-corrected chi connectivity index (χ4v) is 3.00. The van der Waals surface area contributed by atoms with Gasteiger partial charge in [-0.2, -0.15) is 0 Å². The number of nitrogens with zero attached hydrogens (tertiary/aromatic N) is 2. The van der Waals surface area contributed by atoms with Crippen molar-refractivity contribution in [2.75, 3.05) is 54.1 Å². The number of ether oxygens (including phenoxy) is 4. The monoisotopic (exact) mass is 394 g/mol. The van der Waals surface area contributed by atoms with Crippen molar-refractivity contribution in [1.29, 1.82) is 0 Å². The molecule has 8 heteroatoms. The van der Waals surface area contributed by atoms with Gasteiger partial charge < -0.3 is 28.7 Å². The molecule has 1 aromatic carbocycles. The lowest BCUT2D eigenvalue weighted by Gasteiger charge is -2.23. The Morgan fingerprint density at radius 2 is 1.46 bits per heavy atom. The number of benzene rings is 1. The van der Waals surface area contributed by atoms with Gasteiger partial charge in [-0.05, 0) is 12.3 Å². The molecule has 1 aromatic rings. The topological polar surface area (TPSA) is 77.5 Å². The fourth-order valence-electron chi connectivity index (χ4n) is 3.00. The zero-order valence-corrected chi connectivity index (χ0v) is 17.3. The number of hydrogen-bond donors (Lipinski definition) is 0. The van der Waals surface area contributed by atoms with Crippen molar-refractivity contribution >= 4 is 12.0 Å². The van der Waals surface area contributed by atoms with Crippen LogP contribution in [0.4, 0.5) is 4.79 Å². The number of methoxy groups -OCH3 is 3. The summed E-state index contributed by atoms with van der Waals surface area (Å²) in [6, 6.07) is 3.26. The molecule has 1 saturated heterocycles. The van der Waals surface area contributed by atoms with Gasteiger partial charge in [0, 0.05) is 38.3 Å². The first-order chi connectivity index (χ1) is 13.4. The Kier molecular flexibility index (Phi) is 7.78. The van der Waals surface area contributed by atoms with Crippen molar-refractivity contribution in [3.63, 3.8) is 0 Å². The highest BCUT2D eigenvalue weighted by Gasteiger charge is 2.26. The average Bonchev–Trinajstić information content (AvgIpc) is 2.96. The molecule has 8 nitrogen and oxygen atoms in total. The normalized spacial score (nSPS) is 14.5. The molecule has 2 rings (SSSR count). The van der Waals surface area contributed by atoms with Crippen molar-refractivity contribution in [3.8, 4) is 17.2 Å². The third kappa shape index (κ3) is 5.21. The summed E-state index contributed by atoms with van der Waals surface area (Å²) in [6.07, 6.45) is 0.352. The molecule has 0 spiro atoms. The standard InChI is InChI=1S/C20H30N2O6/c1-14(2)13-28-20(24)22-8-6-7-21(9-10-22)19(23)15-11-17(26-4)18(27-5)12-16(15)25-3/h11-12,14H,6-10,13H2,1-5H3. The van der Waals surface area contributed by atoms with E-state index in [9.17, 15) is 9.59 Å². The van der Waals surface area contributed by atoms with Crippen molar-refractivity contribution in [1.82, 2.24) is 9.80 Å². The summed E-state index contributed by atoms with van der Waals surface area (Å²) in [5, 5.41) is 0. The van der Waals surface area contributed by atoms with Crippen LogP contribution in [0.5, 0.6) is 17.2 Å². The summed E-state index contributed by atoms with van der Waals surface area (Å²) in [7, 11) is 4.55. The first kappa shape index (κ1) is 21.7. The highest BCUT2D eigenvalue weighted by atomic mass is 16.6. The molecule has 156 valence electrons. The molecule has 0 N–H and O–H groups in total. The van der Waals surface area contributed by atoms with Gasteiger partial charge in [0.1, 0.15) is 5.75 Å². The first-order valence-corrected chi connectivity index (χ1v) is 9.42. The molecule has 0 bridgehead atoms. The highest BCUT2D eigenvalue weighted by molar-refractivity contribution is 5.98. The fraction of sp³-hybridized carbons (Fsp3) is 0.600. The van der Waals surface area contributed by atoms with Crippen LogP contribution < -0.4 is 14.2 Å². The van der Waals surface area contributed by atoms with E-state index in [0.29, 0.717) is 62.0 Å². The molecule has 1 fully saturated rings. The Morgan fingerprint density at radius 3 is 2.07 bits per heavy atom. The maximum Gasteiger partial charge on any atom is 0.409 e. The largest absolute Gasteiger partial charge is 0.496 e. The van der Waals surface area contributed by atoms with Crippen LogP contribution in [0.25, 0.3) is 0 Å². The first-order valence-electron chi connectivity index (χ1n) is 9.42. The van der Waals surface area contributed by atoms with Gasteiger partial charge in [0.25, 0.3) is 5.91 Å². The van der Waals surface area contributed by atoms with Crippen molar-refractivity contribution in [2.45, 2.75) is 20.3 Å². The zero-order chi connectivity index (χ0) is 20.7. The predicted octanol–water partition coefficient (Wildman–Crippen LogP) is 2.65. The number of carbonyl (C=O) groups excluding carboxylic acids is 2. The van der Waals surface area contributed by atoms with E-state index in [4.69, 9.17) is 18.9 Å². The average molecular weight is 394 g/mol. The SMILES string of the molecule is COc1cc(OC)c(C(=O)N2CCCN(C(=O)OCC(C)C)CC2)cc1OC. The van der Waals surface area contributed by atoms with Crippen molar-refractivity contribution < 1.29 is 28.5 Å². The van der Waals surface area contributed by atoms with Gasteiger partial charge in [0.05, 0.1) is 33.5 Å². The van der Waals surface area contributed by atoms with Gasteiger partial charge in [0.2, 0.25) is 0 Å². The van der Waals surface area contributed by atoms with Crippen LogP contribution in [0.1, 0.15) is 30.6 Å². The van der Waals surface area contributed by atoms with Crippen LogP contribution in [0.15, 0.2) is 12.1 Å². The summed E-state index contributed by atoms with van der Waals surface area (Å²) in [5.74, 6) is 1.48. The molecule has 28 heavy (non-hydrogen) atoms. The van der Waals surface area contributed by atoms with Crippen molar-refractivity contribution in [2.24, 2.45) is 5.92 Å². The van der Waals surface area contributed by atoms with E-state index < -0.39 is 0 Å². The van der Waals surface area contributed by atoms with Crippen LogP contribution >= 0.6 is 0 Å². The molecule has 0 saturated carbocycles. The van der Waals surface area contributed by atoms with Crippen LogP contribution in [0, 0.1) is 5.92 Å². The van der Waals surface area contributed by atoms with Gasteiger partial charge in [0.15, 0.2) is 11.5 Å². The van der Waals surface area contributed by atoms with E-state index >= 15 is 0 Å². The van der Waals surface area contributed by atoms with Crippen LogP contribution in [0.3, 0.4) is 0 Å². The number of amides is 2. The Balaban J connectivity index is 2.12. The maximum absolute atomic E-state index is 13.1. The Labute approximate surface area is 166 Å². The van der Waals surface area contributed by atoms with Gasteiger partial charge in [-0.1, -0.05) is 13.8 Å². The molecular weight excluding hydrogens is 364 g/mol. The summed E-state index contributed by atoms with van der Waals surface area (Å²) >= 11 is 0. The maximum atomic E-state index is 13.1. The molecule has 2 amide bonds. The van der Waals surface area contributed by atoms with Gasteiger partial charge in [-0.15, -0.1) is 0 Å². The lowest BCUT2D eigenvalue weighted by molar-refractivity contribution is 0.0743. The molecular formula is C20H30N2O6. The molecule has 1 heterocycles. The minimum absolute atomic E-state index is 0.171. The molecule has 1 aliphatic heterocycles. The molecule has 0 aromatic heterocycles. The van der Waals surface area contributed by atoms with E-state index in [0.717, 1.165) is 0 Å². The second-order valence-electron chi connectivity index (χ2n) is 7.01. The highest BCUT2D eigenvalue weighted by Crippen LogP contribution is 2.35. The predicted molar refractivity (Wildman–Crippen MR) is 104 cm³/mol. The van der Waals surface area contributed by atoms with E-state index in [1.54, 1.807) is 21.9 Å². The number of hydrogen-bond acceptors (Lipinski definition) is 6. The van der Waals surface area contributed by atoms with E-state index in [1.165, 1.54) is 21.3 Å². The Hall–Kier alpha value is -2.64. The quantitative estimate of drug-likeness (QED) is 0.738. The third-order valence-electron chi connectivity index (χ3n) is 4.52. The van der Waals surface area contributed by atoms with Crippen LogP contribution in [-0.4, -0.2) is 75.9 Å². The number of rotatable bonds is 6. The second-order valence-corrected chi connectivity index (χ2v) is 7.01.